The molecule has 9 nitrogen and oxygen atoms in total. The van der Waals surface area contributed by atoms with E-state index in [4.69, 9.17) is 25.5 Å². The molecule has 0 spiro atoms. The van der Waals surface area contributed by atoms with E-state index < -0.39 is 23.8 Å². The average Bonchev–Trinajstić information content (AvgIpc) is 3.38. The van der Waals surface area contributed by atoms with Gasteiger partial charge >= 0.3 is 18.0 Å². The number of nitrogens with zero attached hydrogens (tertiary/aromatic N) is 2. The van der Waals surface area contributed by atoms with Gasteiger partial charge in [-0.2, -0.15) is 4.98 Å². The van der Waals surface area contributed by atoms with Crippen molar-refractivity contribution in [2.75, 3.05) is 20.3 Å². The van der Waals surface area contributed by atoms with Crippen molar-refractivity contribution in [3.63, 3.8) is 0 Å². The number of aromatic nitrogens is 1. The summed E-state index contributed by atoms with van der Waals surface area (Å²) in [5.41, 5.74) is 5.21. The van der Waals surface area contributed by atoms with E-state index in [9.17, 15) is 19.1 Å². The molecule has 0 radical (unpaired) electrons. The summed E-state index contributed by atoms with van der Waals surface area (Å²) in [6.07, 6.45) is -1.79. The zero-order valence-corrected chi connectivity index (χ0v) is 22.5. The molecule has 0 saturated carbocycles. The highest BCUT2D eigenvalue weighted by molar-refractivity contribution is 6.30. The maximum absolute atomic E-state index is 14.5. The summed E-state index contributed by atoms with van der Waals surface area (Å²) < 4.78 is 29.9. The van der Waals surface area contributed by atoms with Crippen LogP contribution < -0.4 is 10.2 Å². The number of nitrogens with one attached hydrogen (secondary N) is 1. The van der Waals surface area contributed by atoms with E-state index >= 15 is 0 Å². The van der Waals surface area contributed by atoms with Gasteiger partial charge in [0.2, 0.25) is 5.76 Å². The minimum atomic E-state index is -1.55. The van der Waals surface area contributed by atoms with E-state index in [1.807, 2.05) is 42.5 Å². The second-order valence-electron chi connectivity index (χ2n) is 8.64. The first-order valence-electron chi connectivity index (χ1n) is 12.3. The van der Waals surface area contributed by atoms with Crippen LogP contribution in [0.4, 0.5) is 4.39 Å². The van der Waals surface area contributed by atoms with E-state index in [0.29, 0.717) is 5.02 Å². The number of hydrazine groups is 1. The maximum atomic E-state index is 14.5. The summed E-state index contributed by atoms with van der Waals surface area (Å²) in [7, 11) is 1.30. The molecule has 1 heterocycles. The minimum Gasteiger partial charge on any atom is -0.464 e. The van der Waals surface area contributed by atoms with Crippen molar-refractivity contribution in [3.05, 3.63) is 95.0 Å². The fourth-order valence-corrected chi connectivity index (χ4v) is 4.12. The monoisotopic (exact) mass is 567 g/mol. The molecule has 0 bridgehead atoms. The van der Waals surface area contributed by atoms with Crippen LogP contribution in [0.2, 0.25) is 5.02 Å². The molecule has 2 N–H and O–H groups in total. The highest BCUT2D eigenvalue weighted by atomic mass is 35.5. The van der Waals surface area contributed by atoms with Crippen LogP contribution in [-0.2, 0) is 16.1 Å². The molecule has 208 valence electrons. The summed E-state index contributed by atoms with van der Waals surface area (Å²) in [5, 5.41) is 12.4. The molecular weight excluding hydrogens is 541 g/mol. The van der Waals surface area contributed by atoms with Crippen molar-refractivity contribution < 1.29 is 33.0 Å². The number of rotatable bonds is 11. The molecule has 1 unspecified atom stereocenters. The second kappa shape index (κ2) is 13.2. The van der Waals surface area contributed by atoms with Crippen LogP contribution in [0.3, 0.4) is 0 Å². The highest BCUT2D eigenvalue weighted by Gasteiger charge is 2.27. The SMILES string of the molecule is CCOC(=O)C(O)CN(Cc1ccc(-c2cccc(Cl)c2)cc1)NC(=O)c1oc(OC)nc1-c1ccccc1F. The third kappa shape index (κ3) is 7.03. The first-order chi connectivity index (χ1) is 19.3. The number of carbonyl (C=O) groups is 2. The van der Waals surface area contributed by atoms with E-state index in [-0.39, 0.29) is 42.8 Å². The maximum Gasteiger partial charge on any atom is 0.394 e. The zero-order chi connectivity index (χ0) is 28.6. The fourth-order valence-electron chi connectivity index (χ4n) is 3.93. The number of aliphatic hydroxyl groups is 1. The molecule has 11 heteroatoms. The van der Waals surface area contributed by atoms with E-state index in [2.05, 4.69) is 10.4 Å². The first-order valence-corrected chi connectivity index (χ1v) is 12.7. The number of benzene rings is 3. The molecule has 1 amide bonds. The quantitative estimate of drug-likeness (QED) is 0.195. The Bertz CT molecular complexity index is 1480. The molecule has 4 aromatic rings. The number of carbonyl (C=O) groups excluding carboxylic acids is 2. The average molecular weight is 568 g/mol. The van der Waals surface area contributed by atoms with Crippen LogP contribution in [0, 0.1) is 5.82 Å². The summed E-state index contributed by atoms with van der Waals surface area (Å²) in [6, 6.07) is 20.7. The van der Waals surface area contributed by atoms with Gasteiger partial charge in [-0.05, 0) is 47.9 Å². The van der Waals surface area contributed by atoms with Crippen LogP contribution >= 0.6 is 11.6 Å². The van der Waals surface area contributed by atoms with Gasteiger partial charge in [0.15, 0.2) is 6.10 Å². The molecule has 0 saturated heterocycles. The number of aliphatic hydroxyl groups excluding tert-OH is 1. The normalized spacial score (nSPS) is 11.8. The standard InChI is InChI=1S/C29H27ClFN3O6/c1-3-39-28(37)24(35)17-34(16-18-11-13-19(14-12-18)20-7-6-8-21(30)15-20)33-27(36)26-25(32-29(38-2)40-26)22-9-4-5-10-23(22)31/h4-15,24,35H,3,16-17H2,1-2H3,(H,33,36). The van der Waals surface area contributed by atoms with Crippen LogP contribution in [0.25, 0.3) is 22.4 Å². The Kier molecular flexibility index (Phi) is 9.49. The van der Waals surface area contributed by atoms with Gasteiger partial charge in [0, 0.05) is 17.1 Å². The molecular formula is C29H27ClFN3O6. The third-order valence-electron chi connectivity index (χ3n) is 5.81. The molecule has 0 fully saturated rings. The lowest BCUT2D eigenvalue weighted by atomic mass is 10.0. The number of methoxy groups -OCH3 is 1. The number of esters is 1. The van der Waals surface area contributed by atoms with Crippen LogP contribution in [-0.4, -0.2) is 53.3 Å². The molecule has 0 aliphatic carbocycles. The Hall–Kier alpha value is -4.25. The summed E-state index contributed by atoms with van der Waals surface area (Å²) in [5.74, 6) is -2.55. The Labute approximate surface area is 235 Å². The number of halogens is 2. The molecule has 4 rings (SSSR count). The zero-order valence-electron chi connectivity index (χ0n) is 21.8. The second-order valence-corrected chi connectivity index (χ2v) is 9.07. The van der Waals surface area contributed by atoms with Gasteiger partial charge in [-0.1, -0.05) is 60.1 Å². The lowest BCUT2D eigenvalue weighted by Gasteiger charge is -2.25. The molecule has 1 aromatic heterocycles. The largest absolute Gasteiger partial charge is 0.464 e. The first kappa shape index (κ1) is 28.8. The number of amides is 1. The van der Waals surface area contributed by atoms with Gasteiger partial charge in [-0.25, -0.2) is 14.2 Å². The summed E-state index contributed by atoms with van der Waals surface area (Å²) >= 11 is 6.11. The van der Waals surface area contributed by atoms with Gasteiger partial charge in [-0.3, -0.25) is 10.2 Å². The van der Waals surface area contributed by atoms with E-state index in [1.165, 1.54) is 30.3 Å². The fraction of sp³-hybridized carbons (Fsp3) is 0.207. The van der Waals surface area contributed by atoms with Gasteiger partial charge in [0.25, 0.3) is 0 Å². The Morgan fingerprint density at radius 3 is 2.52 bits per heavy atom. The smallest absolute Gasteiger partial charge is 0.394 e. The van der Waals surface area contributed by atoms with Crippen LogP contribution in [0.5, 0.6) is 6.08 Å². The highest BCUT2D eigenvalue weighted by Crippen LogP contribution is 2.29. The van der Waals surface area contributed by atoms with E-state index in [1.54, 1.807) is 19.1 Å². The van der Waals surface area contributed by atoms with Crippen molar-refractivity contribution in [1.82, 2.24) is 15.4 Å². The van der Waals surface area contributed by atoms with Crippen molar-refractivity contribution >= 4 is 23.5 Å². The van der Waals surface area contributed by atoms with Crippen molar-refractivity contribution in [1.29, 1.82) is 0 Å². The minimum absolute atomic E-state index is 0.0365. The predicted molar refractivity (Wildman–Crippen MR) is 146 cm³/mol. The Morgan fingerprint density at radius 2 is 1.85 bits per heavy atom. The number of oxazole rings is 1. The topological polar surface area (TPSA) is 114 Å². The van der Waals surface area contributed by atoms with Crippen molar-refractivity contribution in [3.8, 4) is 28.5 Å². The van der Waals surface area contributed by atoms with Crippen LogP contribution in [0.15, 0.2) is 77.2 Å². The molecule has 1 atom stereocenters. The van der Waals surface area contributed by atoms with Crippen molar-refractivity contribution in [2.24, 2.45) is 0 Å². The van der Waals surface area contributed by atoms with Crippen molar-refractivity contribution in [2.45, 2.75) is 19.6 Å². The van der Waals surface area contributed by atoms with Gasteiger partial charge < -0.3 is 19.0 Å². The van der Waals surface area contributed by atoms with Gasteiger partial charge in [0.05, 0.1) is 20.3 Å². The Morgan fingerprint density at radius 1 is 1.10 bits per heavy atom. The lowest BCUT2D eigenvalue weighted by Crippen LogP contribution is -2.47. The number of hydrogen-bond acceptors (Lipinski definition) is 8. The molecule has 3 aromatic carbocycles. The third-order valence-corrected chi connectivity index (χ3v) is 6.05. The molecule has 40 heavy (non-hydrogen) atoms. The number of hydrogen-bond donors (Lipinski definition) is 2. The summed E-state index contributed by atoms with van der Waals surface area (Å²) in [4.78, 5) is 29.6. The lowest BCUT2D eigenvalue weighted by molar-refractivity contribution is -0.154. The number of ether oxygens (including phenoxy) is 2. The molecule has 0 aliphatic heterocycles. The molecule has 0 aliphatic rings. The van der Waals surface area contributed by atoms with E-state index in [0.717, 1.165) is 16.7 Å². The van der Waals surface area contributed by atoms with Gasteiger partial charge in [-0.15, -0.1) is 0 Å². The van der Waals surface area contributed by atoms with Gasteiger partial charge in [0.1, 0.15) is 11.5 Å². The predicted octanol–water partition coefficient (Wildman–Crippen LogP) is 4.88. The summed E-state index contributed by atoms with van der Waals surface area (Å²) in [6.45, 7) is 1.49. The van der Waals surface area contributed by atoms with Crippen LogP contribution in [0.1, 0.15) is 23.0 Å². The Balaban J connectivity index is 1.59.